The van der Waals surface area contributed by atoms with Crippen LogP contribution in [-0.4, -0.2) is 47.3 Å². The lowest BCUT2D eigenvalue weighted by molar-refractivity contribution is -0.148. The van der Waals surface area contributed by atoms with Crippen LogP contribution < -0.4 is 0 Å². The lowest BCUT2D eigenvalue weighted by atomic mass is 9.69. The lowest BCUT2D eigenvalue weighted by Crippen LogP contribution is -2.57. The van der Waals surface area contributed by atoms with Crippen molar-refractivity contribution >= 4 is 11.8 Å². The summed E-state index contributed by atoms with van der Waals surface area (Å²) in [5.74, 6) is 0.209. The smallest absolute Gasteiger partial charge is 0.243 e. The number of carbonyl (C=O) groups excluding carboxylic acids is 2. The van der Waals surface area contributed by atoms with Crippen LogP contribution in [0.15, 0.2) is 0 Å². The molecule has 3 rings (SSSR count). The maximum Gasteiger partial charge on any atom is 0.243 e. The average molecular weight is 247 g/mol. The Labute approximate surface area is 106 Å². The summed E-state index contributed by atoms with van der Waals surface area (Å²) in [7, 11) is 0. The van der Waals surface area contributed by atoms with Crippen LogP contribution >= 0.6 is 0 Å². The SMILES string of the molecule is N#CC1(C(=O)N2CCN3C(=O)CCC3C2)CCC1. The van der Waals surface area contributed by atoms with Crippen LogP contribution in [0, 0.1) is 16.7 Å². The molecule has 0 aromatic rings. The normalized spacial score (nSPS) is 29.5. The van der Waals surface area contributed by atoms with Gasteiger partial charge in [-0.1, -0.05) is 0 Å². The Morgan fingerprint density at radius 2 is 2.17 bits per heavy atom. The van der Waals surface area contributed by atoms with E-state index in [0.29, 0.717) is 38.9 Å². The van der Waals surface area contributed by atoms with E-state index in [4.69, 9.17) is 0 Å². The van der Waals surface area contributed by atoms with Gasteiger partial charge in [-0.3, -0.25) is 9.59 Å². The van der Waals surface area contributed by atoms with Gasteiger partial charge >= 0.3 is 0 Å². The van der Waals surface area contributed by atoms with Gasteiger partial charge in [-0.2, -0.15) is 5.26 Å². The van der Waals surface area contributed by atoms with Crippen molar-refractivity contribution in [1.82, 2.24) is 9.80 Å². The molecule has 1 saturated carbocycles. The number of nitrogens with zero attached hydrogens (tertiary/aromatic N) is 3. The van der Waals surface area contributed by atoms with E-state index in [1.165, 1.54) is 0 Å². The molecule has 5 heteroatoms. The van der Waals surface area contributed by atoms with Gasteiger partial charge in [-0.25, -0.2) is 0 Å². The Kier molecular flexibility index (Phi) is 2.54. The third kappa shape index (κ3) is 1.52. The Balaban J connectivity index is 1.70. The minimum atomic E-state index is -0.745. The van der Waals surface area contributed by atoms with Crippen molar-refractivity contribution in [2.24, 2.45) is 5.41 Å². The van der Waals surface area contributed by atoms with Crippen LogP contribution in [0.1, 0.15) is 32.1 Å². The highest BCUT2D eigenvalue weighted by molar-refractivity contribution is 5.87. The number of hydrogen-bond donors (Lipinski definition) is 0. The fourth-order valence-electron chi connectivity index (χ4n) is 3.26. The molecular formula is C13H17N3O2. The molecule has 0 N–H and O–H groups in total. The maximum atomic E-state index is 12.4. The number of hydrogen-bond acceptors (Lipinski definition) is 3. The number of rotatable bonds is 1. The van der Waals surface area contributed by atoms with E-state index in [1.807, 2.05) is 9.80 Å². The van der Waals surface area contributed by atoms with Crippen LogP contribution in [0.2, 0.25) is 0 Å². The van der Waals surface area contributed by atoms with Crippen molar-refractivity contribution in [1.29, 1.82) is 5.26 Å². The molecule has 2 amide bonds. The molecule has 1 atom stereocenters. The Morgan fingerprint density at radius 1 is 1.39 bits per heavy atom. The van der Waals surface area contributed by atoms with Crippen LogP contribution in [-0.2, 0) is 9.59 Å². The van der Waals surface area contributed by atoms with Gasteiger partial charge in [-0.05, 0) is 25.7 Å². The van der Waals surface area contributed by atoms with Crippen molar-refractivity contribution in [3.63, 3.8) is 0 Å². The average Bonchev–Trinajstić information content (AvgIpc) is 2.70. The fourth-order valence-corrected chi connectivity index (χ4v) is 3.26. The summed E-state index contributed by atoms with van der Waals surface area (Å²) in [5, 5.41) is 9.21. The number of piperazine rings is 1. The largest absolute Gasteiger partial charge is 0.337 e. The van der Waals surface area contributed by atoms with Crippen molar-refractivity contribution in [2.45, 2.75) is 38.1 Å². The highest BCUT2D eigenvalue weighted by Gasteiger charge is 2.48. The monoisotopic (exact) mass is 247 g/mol. The zero-order valence-electron chi connectivity index (χ0n) is 10.4. The molecule has 1 aliphatic carbocycles. The van der Waals surface area contributed by atoms with Crippen LogP contribution in [0.5, 0.6) is 0 Å². The van der Waals surface area contributed by atoms with E-state index < -0.39 is 5.41 Å². The van der Waals surface area contributed by atoms with E-state index in [-0.39, 0.29) is 17.9 Å². The zero-order valence-corrected chi connectivity index (χ0v) is 10.4. The maximum absolute atomic E-state index is 12.4. The zero-order chi connectivity index (χ0) is 12.8. The molecule has 0 bridgehead atoms. The van der Waals surface area contributed by atoms with Gasteiger partial charge in [0.2, 0.25) is 11.8 Å². The third-order valence-electron chi connectivity index (χ3n) is 4.61. The van der Waals surface area contributed by atoms with Crippen molar-refractivity contribution in [2.75, 3.05) is 19.6 Å². The predicted molar refractivity (Wildman–Crippen MR) is 63.2 cm³/mol. The van der Waals surface area contributed by atoms with Crippen LogP contribution in [0.25, 0.3) is 0 Å². The van der Waals surface area contributed by atoms with Gasteiger partial charge in [0.1, 0.15) is 5.41 Å². The molecule has 5 nitrogen and oxygen atoms in total. The Morgan fingerprint density at radius 3 is 2.78 bits per heavy atom. The fraction of sp³-hybridized carbons (Fsp3) is 0.769. The molecule has 0 aromatic heterocycles. The topological polar surface area (TPSA) is 64.4 Å². The van der Waals surface area contributed by atoms with Gasteiger partial charge in [0.15, 0.2) is 0 Å². The molecule has 1 unspecified atom stereocenters. The number of carbonyl (C=O) groups is 2. The quantitative estimate of drug-likeness (QED) is 0.678. The van der Waals surface area contributed by atoms with Crippen LogP contribution in [0.4, 0.5) is 0 Å². The summed E-state index contributed by atoms with van der Waals surface area (Å²) < 4.78 is 0. The Bertz CT molecular complexity index is 436. The molecule has 2 heterocycles. The first-order valence-corrected chi connectivity index (χ1v) is 6.66. The van der Waals surface area contributed by atoms with Gasteiger partial charge in [0, 0.05) is 32.1 Å². The number of fused-ring (bicyclic) bond motifs is 1. The van der Waals surface area contributed by atoms with Gasteiger partial charge in [-0.15, -0.1) is 0 Å². The van der Waals surface area contributed by atoms with E-state index >= 15 is 0 Å². The molecule has 2 aliphatic heterocycles. The first-order valence-electron chi connectivity index (χ1n) is 6.66. The minimum absolute atomic E-state index is 0.00440. The minimum Gasteiger partial charge on any atom is -0.337 e. The first-order chi connectivity index (χ1) is 8.66. The second kappa shape index (κ2) is 3.98. The summed E-state index contributed by atoms with van der Waals surface area (Å²) in [6.45, 7) is 1.84. The Hall–Kier alpha value is -1.57. The van der Waals surface area contributed by atoms with Crippen molar-refractivity contribution in [3.8, 4) is 6.07 Å². The van der Waals surface area contributed by atoms with Gasteiger partial charge in [0.25, 0.3) is 0 Å². The molecule has 3 fully saturated rings. The first kappa shape index (κ1) is 11.5. The van der Waals surface area contributed by atoms with Crippen molar-refractivity contribution < 1.29 is 9.59 Å². The molecule has 3 aliphatic rings. The summed E-state index contributed by atoms with van der Waals surface area (Å²) in [5.41, 5.74) is -0.745. The molecule has 2 saturated heterocycles. The summed E-state index contributed by atoms with van der Waals surface area (Å²) >= 11 is 0. The molecule has 18 heavy (non-hydrogen) atoms. The molecular weight excluding hydrogens is 230 g/mol. The van der Waals surface area contributed by atoms with E-state index in [1.54, 1.807) is 0 Å². The third-order valence-corrected chi connectivity index (χ3v) is 4.61. The molecule has 0 spiro atoms. The highest BCUT2D eigenvalue weighted by Crippen LogP contribution is 2.42. The predicted octanol–water partition coefficient (Wildman–Crippen LogP) is 0.513. The second-order valence-corrected chi connectivity index (χ2v) is 5.58. The molecule has 96 valence electrons. The molecule has 0 aromatic carbocycles. The van der Waals surface area contributed by atoms with Gasteiger partial charge in [0.05, 0.1) is 6.07 Å². The van der Waals surface area contributed by atoms with Gasteiger partial charge < -0.3 is 9.80 Å². The second-order valence-electron chi connectivity index (χ2n) is 5.58. The summed E-state index contributed by atoms with van der Waals surface area (Å²) in [6, 6.07) is 2.39. The standard InChI is InChI=1S/C13H17N3O2/c14-9-13(4-1-5-13)12(18)15-6-7-16-10(8-15)2-3-11(16)17/h10H,1-8H2. The molecule has 0 radical (unpaired) electrons. The van der Waals surface area contributed by atoms with Crippen molar-refractivity contribution in [3.05, 3.63) is 0 Å². The van der Waals surface area contributed by atoms with E-state index in [9.17, 15) is 14.9 Å². The van der Waals surface area contributed by atoms with E-state index in [2.05, 4.69) is 6.07 Å². The lowest BCUT2D eigenvalue weighted by Gasteiger charge is -2.43. The summed E-state index contributed by atoms with van der Waals surface area (Å²) in [6.07, 6.45) is 3.83. The number of amides is 2. The highest BCUT2D eigenvalue weighted by atomic mass is 16.2. The van der Waals surface area contributed by atoms with E-state index in [0.717, 1.165) is 12.8 Å². The number of nitriles is 1. The van der Waals surface area contributed by atoms with Crippen LogP contribution in [0.3, 0.4) is 0 Å². The summed E-state index contributed by atoms with van der Waals surface area (Å²) in [4.78, 5) is 27.7.